The van der Waals surface area contributed by atoms with Gasteiger partial charge in [-0.1, -0.05) is 0 Å². The standard InChI is InChI=1S/C9H10INOS/c10-8-1-2-9-7(5-8)6-11-3-4-13(9)12/h1-2,5,11H,3-4,6H2. The summed E-state index contributed by atoms with van der Waals surface area (Å²) in [6.45, 7) is 1.69. The van der Waals surface area contributed by atoms with Crippen LogP contribution < -0.4 is 5.32 Å². The second-order valence-electron chi connectivity index (χ2n) is 2.98. The molecule has 0 amide bonds. The molecule has 0 bridgehead atoms. The van der Waals surface area contributed by atoms with Gasteiger partial charge in [-0.25, -0.2) is 0 Å². The van der Waals surface area contributed by atoms with Gasteiger partial charge < -0.3 is 5.32 Å². The molecule has 0 saturated heterocycles. The number of benzene rings is 1. The molecule has 1 aromatic rings. The number of halogens is 1. The van der Waals surface area contributed by atoms with E-state index < -0.39 is 10.8 Å². The molecule has 2 rings (SSSR count). The summed E-state index contributed by atoms with van der Waals surface area (Å²) in [5, 5.41) is 3.26. The van der Waals surface area contributed by atoms with Crippen molar-refractivity contribution in [1.29, 1.82) is 0 Å². The predicted molar refractivity (Wildman–Crippen MR) is 62.1 cm³/mol. The van der Waals surface area contributed by atoms with E-state index in [1.165, 1.54) is 9.13 Å². The third kappa shape index (κ3) is 2.11. The Morgan fingerprint density at radius 1 is 1.46 bits per heavy atom. The molecule has 70 valence electrons. The minimum atomic E-state index is -0.807. The normalized spacial score (nSPS) is 22.1. The number of rotatable bonds is 0. The average Bonchev–Trinajstić information content (AvgIpc) is 2.28. The first-order chi connectivity index (χ1) is 6.27. The van der Waals surface area contributed by atoms with E-state index in [1.807, 2.05) is 12.1 Å². The topological polar surface area (TPSA) is 29.1 Å². The largest absolute Gasteiger partial charge is 0.312 e. The summed E-state index contributed by atoms with van der Waals surface area (Å²) in [6, 6.07) is 6.11. The zero-order chi connectivity index (χ0) is 9.26. The van der Waals surface area contributed by atoms with Gasteiger partial charge in [-0.05, 0) is 46.4 Å². The molecule has 1 aromatic carbocycles. The Labute approximate surface area is 93.7 Å². The third-order valence-corrected chi connectivity index (χ3v) is 4.18. The summed E-state index contributed by atoms with van der Waals surface area (Å²) < 4.78 is 12.9. The van der Waals surface area contributed by atoms with Crippen LogP contribution in [0.25, 0.3) is 0 Å². The minimum Gasteiger partial charge on any atom is -0.312 e. The van der Waals surface area contributed by atoms with E-state index in [2.05, 4.69) is 34.0 Å². The zero-order valence-electron chi connectivity index (χ0n) is 7.05. The van der Waals surface area contributed by atoms with Crippen molar-refractivity contribution in [2.24, 2.45) is 0 Å². The fourth-order valence-electron chi connectivity index (χ4n) is 1.41. The molecule has 0 spiro atoms. The van der Waals surface area contributed by atoms with E-state index >= 15 is 0 Å². The molecule has 1 aliphatic heterocycles. The van der Waals surface area contributed by atoms with Crippen molar-refractivity contribution in [2.45, 2.75) is 11.4 Å². The van der Waals surface area contributed by atoms with Crippen molar-refractivity contribution in [1.82, 2.24) is 5.32 Å². The van der Waals surface area contributed by atoms with Crippen molar-refractivity contribution in [3.63, 3.8) is 0 Å². The molecule has 1 N–H and O–H groups in total. The van der Waals surface area contributed by atoms with Crippen LogP contribution in [0.5, 0.6) is 0 Å². The second-order valence-corrected chi connectivity index (χ2v) is 5.76. The molecule has 1 atom stereocenters. The highest BCUT2D eigenvalue weighted by Gasteiger charge is 2.13. The van der Waals surface area contributed by atoms with E-state index in [0.717, 1.165) is 23.7 Å². The fourth-order valence-corrected chi connectivity index (χ4v) is 3.15. The Morgan fingerprint density at radius 3 is 3.15 bits per heavy atom. The van der Waals surface area contributed by atoms with Crippen LogP contribution in [0.2, 0.25) is 0 Å². The Bertz CT molecular complexity index is 353. The van der Waals surface area contributed by atoms with Crippen molar-refractivity contribution < 1.29 is 4.21 Å². The molecule has 1 unspecified atom stereocenters. The lowest BCUT2D eigenvalue weighted by Crippen LogP contribution is -2.15. The van der Waals surface area contributed by atoms with E-state index in [0.29, 0.717) is 0 Å². The maximum absolute atomic E-state index is 11.7. The monoisotopic (exact) mass is 307 g/mol. The van der Waals surface area contributed by atoms with Gasteiger partial charge in [-0.3, -0.25) is 4.21 Å². The van der Waals surface area contributed by atoms with Gasteiger partial charge in [-0.15, -0.1) is 0 Å². The lowest BCUT2D eigenvalue weighted by molar-refractivity contribution is 0.681. The molecule has 4 heteroatoms. The number of hydrogen-bond acceptors (Lipinski definition) is 2. The maximum Gasteiger partial charge on any atom is 0.0545 e. The van der Waals surface area contributed by atoms with Crippen molar-refractivity contribution in [3.05, 3.63) is 27.3 Å². The fraction of sp³-hybridized carbons (Fsp3) is 0.333. The molecular weight excluding hydrogens is 297 g/mol. The van der Waals surface area contributed by atoms with Crippen molar-refractivity contribution in [3.8, 4) is 0 Å². The summed E-state index contributed by atoms with van der Waals surface area (Å²) in [6.07, 6.45) is 0. The van der Waals surface area contributed by atoms with Crippen LogP contribution in [-0.2, 0) is 17.3 Å². The maximum atomic E-state index is 11.7. The number of nitrogens with one attached hydrogen (secondary N) is 1. The highest BCUT2D eigenvalue weighted by Crippen LogP contribution is 2.19. The van der Waals surface area contributed by atoms with Crippen molar-refractivity contribution in [2.75, 3.05) is 12.3 Å². The van der Waals surface area contributed by atoms with Gasteiger partial charge in [0.1, 0.15) is 0 Å². The quantitative estimate of drug-likeness (QED) is 0.736. The molecule has 1 aliphatic rings. The van der Waals surface area contributed by atoms with Gasteiger partial charge >= 0.3 is 0 Å². The lowest BCUT2D eigenvalue weighted by Gasteiger charge is -2.04. The van der Waals surface area contributed by atoms with E-state index in [4.69, 9.17) is 0 Å². The summed E-state index contributed by atoms with van der Waals surface area (Å²) in [5.74, 6) is 0.730. The SMILES string of the molecule is O=S1CCNCc2cc(I)ccc21. The number of fused-ring (bicyclic) bond motifs is 1. The highest BCUT2D eigenvalue weighted by atomic mass is 127. The zero-order valence-corrected chi connectivity index (χ0v) is 10.0. The lowest BCUT2D eigenvalue weighted by atomic mass is 10.2. The Balaban J connectivity index is 2.48. The Kier molecular flexibility index (Phi) is 3.00. The number of hydrogen-bond donors (Lipinski definition) is 1. The van der Waals surface area contributed by atoms with Crippen LogP contribution in [0.1, 0.15) is 5.56 Å². The highest BCUT2D eigenvalue weighted by molar-refractivity contribution is 14.1. The summed E-state index contributed by atoms with van der Waals surface area (Å²) in [5.41, 5.74) is 1.18. The van der Waals surface area contributed by atoms with E-state index in [9.17, 15) is 4.21 Å². The first-order valence-electron chi connectivity index (χ1n) is 4.15. The summed E-state index contributed by atoms with van der Waals surface area (Å²) in [4.78, 5) is 1.01. The van der Waals surface area contributed by atoms with Crippen LogP contribution in [0.4, 0.5) is 0 Å². The van der Waals surface area contributed by atoms with E-state index in [-0.39, 0.29) is 0 Å². The van der Waals surface area contributed by atoms with Gasteiger partial charge in [0.15, 0.2) is 0 Å². The predicted octanol–water partition coefficient (Wildman–Crippen LogP) is 1.50. The van der Waals surface area contributed by atoms with Crippen LogP contribution in [0.15, 0.2) is 23.1 Å². The second kappa shape index (κ2) is 4.06. The van der Waals surface area contributed by atoms with E-state index in [1.54, 1.807) is 0 Å². The van der Waals surface area contributed by atoms with Crippen molar-refractivity contribution >= 4 is 33.4 Å². The van der Waals surface area contributed by atoms with Gasteiger partial charge in [0.2, 0.25) is 0 Å². The molecule has 0 aromatic heterocycles. The summed E-state index contributed by atoms with van der Waals surface area (Å²) >= 11 is 2.28. The van der Waals surface area contributed by atoms with Crippen LogP contribution >= 0.6 is 22.6 Å². The molecule has 13 heavy (non-hydrogen) atoms. The average molecular weight is 307 g/mol. The molecule has 0 aliphatic carbocycles. The Hall–Kier alpha value is 0.0600. The van der Waals surface area contributed by atoms with Crippen LogP contribution in [-0.4, -0.2) is 16.5 Å². The molecule has 0 fully saturated rings. The van der Waals surface area contributed by atoms with Gasteiger partial charge in [0.25, 0.3) is 0 Å². The smallest absolute Gasteiger partial charge is 0.0545 e. The first kappa shape index (κ1) is 9.61. The molecule has 1 heterocycles. The van der Waals surface area contributed by atoms with Crippen LogP contribution in [0.3, 0.4) is 0 Å². The summed E-state index contributed by atoms with van der Waals surface area (Å²) in [7, 11) is -0.807. The molecule has 0 radical (unpaired) electrons. The molecule has 0 saturated carbocycles. The van der Waals surface area contributed by atoms with Gasteiger partial charge in [-0.2, -0.15) is 0 Å². The Morgan fingerprint density at radius 2 is 2.31 bits per heavy atom. The third-order valence-electron chi connectivity index (χ3n) is 2.05. The van der Waals surface area contributed by atoms with Gasteiger partial charge in [0, 0.05) is 27.3 Å². The van der Waals surface area contributed by atoms with Gasteiger partial charge in [0.05, 0.1) is 10.8 Å². The first-order valence-corrected chi connectivity index (χ1v) is 6.54. The molecule has 2 nitrogen and oxygen atoms in total. The van der Waals surface area contributed by atoms with Crippen LogP contribution in [0, 0.1) is 3.57 Å². The minimum absolute atomic E-state index is 0.730. The molecular formula is C9H10INOS.